The van der Waals surface area contributed by atoms with Crippen LogP contribution in [-0.2, 0) is 11.4 Å². The third-order valence-electron chi connectivity index (χ3n) is 4.43. The van der Waals surface area contributed by atoms with Crippen molar-refractivity contribution in [3.8, 4) is 11.5 Å². The zero-order valence-electron chi connectivity index (χ0n) is 17.9. The maximum Gasteiger partial charge on any atom is 0.271 e. The van der Waals surface area contributed by atoms with Crippen LogP contribution >= 0.6 is 27.5 Å². The maximum atomic E-state index is 12.3. The highest BCUT2D eigenvalue weighted by molar-refractivity contribution is 9.10. The molecule has 2 amide bonds. The summed E-state index contributed by atoms with van der Waals surface area (Å²) in [4.78, 5) is 23.4. The normalized spacial score (nSPS) is 10.7. The van der Waals surface area contributed by atoms with E-state index >= 15 is 0 Å². The van der Waals surface area contributed by atoms with Crippen LogP contribution in [0.3, 0.4) is 0 Å². The molecule has 0 aromatic heterocycles. The van der Waals surface area contributed by atoms with E-state index in [1.807, 2.05) is 18.2 Å². The molecule has 0 fully saturated rings. The van der Waals surface area contributed by atoms with Crippen LogP contribution < -0.4 is 20.2 Å². The zero-order valence-corrected chi connectivity index (χ0v) is 20.2. The SMILES string of the molecule is COc1cc(C=NNC(=O)c2ccc(NC(C)=O)cc2)cc(Br)c1OCc1ccccc1Cl. The lowest BCUT2D eigenvalue weighted by Crippen LogP contribution is -2.17. The topological polar surface area (TPSA) is 89.0 Å². The Bertz CT molecular complexity index is 1180. The van der Waals surface area contributed by atoms with Crippen LogP contribution in [0.25, 0.3) is 0 Å². The summed E-state index contributed by atoms with van der Waals surface area (Å²) < 4.78 is 12.0. The molecular formula is C24H21BrClN3O4. The number of halogens is 2. The fourth-order valence-corrected chi connectivity index (χ4v) is 3.62. The van der Waals surface area contributed by atoms with Crippen molar-refractivity contribution in [1.82, 2.24) is 5.43 Å². The Balaban J connectivity index is 1.65. The fourth-order valence-electron chi connectivity index (χ4n) is 2.86. The minimum Gasteiger partial charge on any atom is -0.493 e. The van der Waals surface area contributed by atoms with Gasteiger partial charge in [-0.15, -0.1) is 0 Å². The number of ether oxygens (including phenoxy) is 2. The average molecular weight is 531 g/mol. The molecule has 0 aliphatic heterocycles. The molecule has 33 heavy (non-hydrogen) atoms. The average Bonchev–Trinajstić information content (AvgIpc) is 2.79. The number of hydrazone groups is 1. The standard InChI is InChI=1S/C24H21BrClN3O4/c1-15(30)28-19-9-7-17(8-10-19)24(31)29-27-13-16-11-20(25)23(22(12-16)32-2)33-14-18-5-3-4-6-21(18)26/h3-13H,14H2,1-2H3,(H,28,30)(H,29,31). The van der Waals surface area contributed by atoms with Crippen LogP contribution in [0, 0.1) is 0 Å². The number of nitrogens with one attached hydrogen (secondary N) is 2. The third kappa shape index (κ3) is 6.81. The molecule has 9 heteroatoms. The van der Waals surface area contributed by atoms with Crippen molar-refractivity contribution < 1.29 is 19.1 Å². The van der Waals surface area contributed by atoms with Gasteiger partial charge in [-0.05, 0) is 64.0 Å². The number of hydrogen-bond acceptors (Lipinski definition) is 5. The molecular weight excluding hydrogens is 510 g/mol. The molecule has 2 N–H and O–H groups in total. The van der Waals surface area contributed by atoms with Crippen LogP contribution in [0.4, 0.5) is 5.69 Å². The van der Waals surface area contributed by atoms with Gasteiger partial charge in [-0.1, -0.05) is 29.8 Å². The summed E-state index contributed by atoms with van der Waals surface area (Å²) in [5.74, 6) is 0.459. The van der Waals surface area contributed by atoms with Gasteiger partial charge in [0.1, 0.15) is 6.61 Å². The van der Waals surface area contributed by atoms with Crippen LogP contribution in [0.5, 0.6) is 11.5 Å². The fraction of sp³-hybridized carbons (Fsp3) is 0.125. The predicted octanol–water partition coefficient (Wildman–Crippen LogP) is 5.41. The monoisotopic (exact) mass is 529 g/mol. The molecule has 7 nitrogen and oxygen atoms in total. The van der Waals surface area contributed by atoms with E-state index in [4.69, 9.17) is 21.1 Å². The lowest BCUT2D eigenvalue weighted by molar-refractivity contribution is -0.114. The first-order chi connectivity index (χ1) is 15.9. The number of nitrogens with zero attached hydrogens (tertiary/aromatic N) is 1. The second kappa shape index (κ2) is 11.5. The molecule has 170 valence electrons. The van der Waals surface area contributed by atoms with Gasteiger partial charge in [-0.2, -0.15) is 5.10 Å². The highest BCUT2D eigenvalue weighted by Crippen LogP contribution is 2.37. The first-order valence-corrected chi connectivity index (χ1v) is 11.0. The van der Waals surface area contributed by atoms with E-state index in [0.717, 1.165) is 5.56 Å². The minimum absolute atomic E-state index is 0.182. The lowest BCUT2D eigenvalue weighted by Gasteiger charge is -2.14. The Labute approximate surface area is 204 Å². The van der Waals surface area contributed by atoms with Gasteiger partial charge in [0.25, 0.3) is 5.91 Å². The second-order valence-electron chi connectivity index (χ2n) is 6.87. The van der Waals surface area contributed by atoms with E-state index in [1.54, 1.807) is 42.5 Å². The number of anilines is 1. The zero-order chi connectivity index (χ0) is 23.8. The Morgan fingerprint density at radius 2 is 1.85 bits per heavy atom. The molecule has 3 aromatic carbocycles. The van der Waals surface area contributed by atoms with Crippen molar-refractivity contribution in [2.75, 3.05) is 12.4 Å². The molecule has 0 aliphatic rings. The van der Waals surface area contributed by atoms with Gasteiger partial charge >= 0.3 is 0 Å². The van der Waals surface area contributed by atoms with Crippen LogP contribution in [0.1, 0.15) is 28.4 Å². The Morgan fingerprint density at radius 3 is 2.52 bits per heavy atom. The summed E-state index contributed by atoms with van der Waals surface area (Å²) in [5.41, 5.74) is 5.03. The number of carbonyl (C=O) groups is 2. The smallest absolute Gasteiger partial charge is 0.271 e. The van der Waals surface area contributed by atoms with Gasteiger partial charge in [0.15, 0.2) is 11.5 Å². The lowest BCUT2D eigenvalue weighted by atomic mass is 10.2. The molecule has 0 heterocycles. The van der Waals surface area contributed by atoms with Gasteiger partial charge in [-0.3, -0.25) is 9.59 Å². The summed E-state index contributed by atoms with van der Waals surface area (Å²) in [6, 6.07) is 17.5. The van der Waals surface area contributed by atoms with E-state index in [2.05, 4.69) is 31.8 Å². The van der Waals surface area contributed by atoms with E-state index in [0.29, 0.717) is 37.8 Å². The third-order valence-corrected chi connectivity index (χ3v) is 5.39. The summed E-state index contributed by atoms with van der Waals surface area (Å²) >= 11 is 9.69. The first-order valence-electron chi connectivity index (χ1n) is 9.82. The minimum atomic E-state index is -0.383. The van der Waals surface area contributed by atoms with Gasteiger partial charge in [0.05, 0.1) is 17.8 Å². The van der Waals surface area contributed by atoms with E-state index < -0.39 is 0 Å². The molecule has 0 spiro atoms. The van der Waals surface area contributed by atoms with Gasteiger partial charge < -0.3 is 14.8 Å². The summed E-state index contributed by atoms with van der Waals surface area (Å²) in [6.45, 7) is 1.69. The van der Waals surface area contributed by atoms with Crippen molar-refractivity contribution in [2.24, 2.45) is 5.10 Å². The molecule has 0 bridgehead atoms. The molecule has 0 radical (unpaired) electrons. The number of carbonyl (C=O) groups excluding carboxylic acids is 2. The van der Waals surface area contributed by atoms with Crippen LogP contribution in [-0.4, -0.2) is 25.1 Å². The largest absolute Gasteiger partial charge is 0.493 e. The molecule has 0 aliphatic carbocycles. The molecule has 0 atom stereocenters. The van der Waals surface area contributed by atoms with Crippen molar-refractivity contribution >= 4 is 51.2 Å². The first kappa shape index (κ1) is 24.3. The molecule has 0 saturated heterocycles. The Hall–Kier alpha value is -3.36. The second-order valence-corrected chi connectivity index (χ2v) is 8.13. The number of benzene rings is 3. The van der Waals surface area contributed by atoms with Gasteiger partial charge in [-0.25, -0.2) is 5.43 Å². The summed E-state index contributed by atoms with van der Waals surface area (Å²) in [5, 5.41) is 7.28. The highest BCUT2D eigenvalue weighted by atomic mass is 79.9. The maximum absolute atomic E-state index is 12.3. The molecule has 3 aromatic rings. The van der Waals surface area contributed by atoms with E-state index in [-0.39, 0.29) is 18.4 Å². The van der Waals surface area contributed by atoms with Crippen LogP contribution in [0.2, 0.25) is 5.02 Å². The summed E-state index contributed by atoms with van der Waals surface area (Å²) in [6.07, 6.45) is 1.49. The van der Waals surface area contributed by atoms with E-state index in [1.165, 1.54) is 20.2 Å². The van der Waals surface area contributed by atoms with Crippen LogP contribution in [0.15, 0.2) is 70.2 Å². The summed E-state index contributed by atoms with van der Waals surface area (Å²) in [7, 11) is 1.54. The Kier molecular flexibility index (Phi) is 8.46. The number of amides is 2. The van der Waals surface area contributed by atoms with Gasteiger partial charge in [0, 0.05) is 28.8 Å². The number of hydrogen-bond donors (Lipinski definition) is 2. The molecule has 0 saturated carbocycles. The predicted molar refractivity (Wildman–Crippen MR) is 132 cm³/mol. The highest BCUT2D eigenvalue weighted by Gasteiger charge is 2.12. The quantitative estimate of drug-likeness (QED) is 0.301. The molecule has 3 rings (SSSR count). The van der Waals surface area contributed by atoms with Crippen molar-refractivity contribution in [3.63, 3.8) is 0 Å². The van der Waals surface area contributed by atoms with Crippen molar-refractivity contribution in [3.05, 3.63) is 86.8 Å². The number of rotatable bonds is 8. The van der Waals surface area contributed by atoms with Gasteiger partial charge in [0.2, 0.25) is 5.91 Å². The van der Waals surface area contributed by atoms with Crippen molar-refractivity contribution in [2.45, 2.75) is 13.5 Å². The van der Waals surface area contributed by atoms with Crippen molar-refractivity contribution in [1.29, 1.82) is 0 Å². The number of methoxy groups -OCH3 is 1. The molecule has 0 unspecified atom stereocenters. The Morgan fingerprint density at radius 1 is 1.12 bits per heavy atom. The van der Waals surface area contributed by atoms with E-state index in [9.17, 15) is 9.59 Å².